The molecule has 0 fully saturated rings. The van der Waals surface area contributed by atoms with E-state index in [0.717, 1.165) is 103 Å². The second kappa shape index (κ2) is 56.4. The maximum Gasteiger partial charge on any atom is 0.306 e. The van der Waals surface area contributed by atoms with E-state index in [0.29, 0.717) is 19.3 Å². The second-order valence-electron chi connectivity index (χ2n) is 19.3. The molecule has 0 saturated heterocycles. The summed E-state index contributed by atoms with van der Waals surface area (Å²) in [5.74, 6) is -0.943. The third-order valence-electron chi connectivity index (χ3n) is 12.5. The number of carbonyl (C=O) groups is 3. The zero-order valence-corrected chi connectivity index (χ0v) is 44.9. The van der Waals surface area contributed by atoms with Gasteiger partial charge in [0.15, 0.2) is 6.10 Å². The van der Waals surface area contributed by atoms with E-state index in [9.17, 15) is 14.4 Å². The first-order valence-corrected chi connectivity index (χ1v) is 29.0. The fourth-order valence-corrected chi connectivity index (χ4v) is 8.08. The van der Waals surface area contributed by atoms with Crippen LogP contribution in [-0.4, -0.2) is 37.2 Å². The fourth-order valence-electron chi connectivity index (χ4n) is 8.08. The Bertz CT molecular complexity index is 1270. The van der Waals surface area contributed by atoms with Gasteiger partial charge in [-0.15, -0.1) is 0 Å². The molecular formula is C62H108O6. The Kier molecular flexibility index (Phi) is 53.8. The van der Waals surface area contributed by atoms with Gasteiger partial charge in [0.1, 0.15) is 13.2 Å². The van der Waals surface area contributed by atoms with Crippen LogP contribution in [0.2, 0.25) is 0 Å². The zero-order chi connectivity index (χ0) is 49.3. The minimum absolute atomic E-state index is 0.0968. The first kappa shape index (κ1) is 64.8. The van der Waals surface area contributed by atoms with Crippen LogP contribution in [-0.2, 0) is 28.6 Å². The minimum atomic E-state index is -0.802. The molecule has 0 aromatic rings. The van der Waals surface area contributed by atoms with E-state index < -0.39 is 6.10 Å². The van der Waals surface area contributed by atoms with Crippen molar-refractivity contribution in [1.29, 1.82) is 0 Å². The lowest BCUT2D eigenvalue weighted by atomic mass is 10.1. The molecule has 0 aromatic carbocycles. The second-order valence-corrected chi connectivity index (χ2v) is 19.3. The number of hydrogen-bond acceptors (Lipinski definition) is 6. The summed E-state index contributed by atoms with van der Waals surface area (Å²) in [6.07, 6.45) is 71.7. The summed E-state index contributed by atoms with van der Waals surface area (Å²) < 4.78 is 16.8. The number of ether oxygens (including phenoxy) is 3. The summed E-state index contributed by atoms with van der Waals surface area (Å²) in [5.41, 5.74) is 0. The molecule has 0 aliphatic rings. The van der Waals surface area contributed by atoms with Crippen LogP contribution < -0.4 is 0 Å². The summed E-state index contributed by atoms with van der Waals surface area (Å²) in [4.78, 5) is 38.1. The van der Waals surface area contributed by atoms with Gasteiger partial charge in [-0.3, -0.25) is 14.4 Å². The summed E-state index contributed by atoms with van der Waals surface area (Å²) in [6.45, 7) is 6.59. The highest BCUT2D eigenvalue weighted by molar-refractivity contribution is 5.71. The SMILES string of the molecule is CCCCCCC\C=C/C=C\C=C/CCCCCCCC(=O)OCC(COC(=O)CCCCCCC/C=C\CCCCCCCCC)OC(=O)CCCCC/C=C\C=C/CCCCCCCCC. The number of rotatable bonds is 52. The lowest BCUT2D eigenvalue weighted by Gasteiger charge is -2.18. The largest absolute Gasteiger partial charge is 0.462 e. The minimum Gasteiger partial charge on any atom is -0.462 e. The predicted molar refractivity (Wildman–Crippen MR) is 293 cm³/mol. The smallest absolute Gasteiger partial charge is 0.306 e. The van der Waals surface area contributed by atoms with Crippen molar-refractivity contribution in [1.82, 2.24) is 0 Å². The van der Waals surface area contributed by atoms with Crippen LogP contribution in [0, 0.1) is 0 Å². The van der Waals surface area contributed by atoms with E-state index in [1.165, 1.54) is 141 Å². The summed E-state index contributed by atoms with van der Waals surface area (Å²) in [6, 6.07) is 0. The van der Waals surface area contributed by atoms with Crippen molar-refractivity contribution in [2.75, 3.05) is 13.2 Å². The number of esters is 3. The van der Waals surface area contributed by atoms with Crippen molar-refractivity contribution < 1.29 is 28.6 Å². The summed E-state index contributed by atoms with van der Waals surface area (Å²) >= 11 is 0. The molecule has 0 spiro atoms. The highest BCUT2D eigenvalue weighted by Crippen LogP contribution is 2.14. The Hall–Kier alpha value is -3.15. The van der Waals surface area contributed by atoms with Gasteiger partial charge in [-0.1, -0.05) is 241 Å². The molecule has 1 unspecified atom stereocenters. The van der Waals surface area contributed by atoms with Crippen molar-refractivity contribution in [2.24, 2.45) is 0 Å². The molecule has 0 saturated carbocycles. The lowest BCUT2D eigenvalue weighted by Crippen LogP contribution is -2.30. The molecule has 0 bridgehead atoms. The van der Waals surface area contributed by atoms with Crippen LogP contribution in [0.3, 0.4) is 0 Å². The van der Waals surface area contributed by atoms with E-state index >= 15 is 0 Å². The molecule has 6 nitrogen and oxygen atoms in total. The standard InChI is InChI=1S/C62H108O6/c1-4-7-10-13-16-19-22-25-28-31-32-35-37-40-43-46-49-52-55-61(64)67-58-59(68-62(65)56-53-50-47-44-41-38-34-30-27-24-21-18-15-12-9-6-3)57-66-60(63)54-51-48-45-42-39-36-33-29-26-23-20-17-14-11-8-5-2/h22,25,28-35,38,41,59H,4-21,23-24,26-27,36-37,39-40,42-58H2,1-3H3/b25-22-,31-28-,33-29-,34-30-,35-32-,41-38-. The Balaban J connectivity index is 4.47. The Morgan fingerprint density at radius 2 is 0.544 bits per heavy atom. The zero-order valence-electron chi connectivity index (χ0n) is 44.9. The van der Waals surface area contributed by atoms with Crippen molar-refractivity contribution in [2.45, 2.75) is 290 Å². The average molecular weight is 950 g/mol. The quantitative estimate of drug-likeness (QED) is 0.0199. The Morgan fingerprint density at radius 3 is 0.882 bits per heavy atom. The molecule has 0 aromatic heterocycles. The van der Waals surface area contributed by atoms with Crippen LogP contribution >= 0.6 is 0 Å². The summed E-state index contributed by atoms with van der Waals surface area (Å²) in [5, 5.41) is 0. The predicted octanol–water partition coefficient (Wildman–Crippen LogP) is 19.4. The maximum absolute atomic E-state index is 12.8. The average Bonchev–Trinajstić information content (AvgIpc) is 3.34. The number of hydrogen-bond donors (Lipinski definition) is 0. The molecule has 6 heteroatoms. The fraction of sp³-hybridized carbons (Fsp3) is 0.758. The van der Waals surface area contributed by atoms with Gasteiger partial charge in [-0.2, -0.15) is 0 Å². The molecule has 0 heterocycles. The van der Waals surface area contributed by atoms with E-state index in [-0.39, 0.29) is 31.1 Å². The Labute approximate surface area is 421 Å². The first-order valence-electron chi connectivity index (χ1n) is 29.0. The maximum atomic E-state index is 12.8. The highest BCUT2D eigenvalue weighted by atomic mass is 16.6. The number of unbranched alkanes of at least 4 members (excludes halogenated alkanes) is 32. The van der Waals surface area contributed by atoms with Crippen molar-refractivity contribution in [3.05, 3.63) is 72.9 Å². The van der Waals surface area contributed by atoms with Gasteiger partial charge >= 0.3 is 17.9 Å². The molecule has 0 aliphatic heterocycles. The Morgan fingerprint density at radius 1 is 0.294 bits per heavy atom. The molecule has 0 N–H and O–H groups in total. The van der Waals surface area contributed by atoms with Gasteiger partial charge in [0.05, 0.1) is 0 Å². The van der Waals surface area contributed by atoms with Crippen molar-refractivity contribution in [3.63, 3.8) is 0 Å². The molecule has 0 aliphatic carbocycles. The van der Waals surface area contributed by atoms with Crippen LogP contribution in [0.5, 0.6) is 0 Å². The molecule has 68 heavy (non-hydrogen) atoms. The van der Waals surface area contributed by atoms with Crippen LogP contribution in [0.1, 0.15) is 284 Å². The van der Waals surface area contributed by atoms with E-state index in [2.05, 4.69) is 93.7 Å². The normalized spacial score (nSPS) is 12.6. The first-order chi connectivity index (χ1) is 33.5. The van der Waals surface area contributed by atoms with Gasteiger partial charge < -0.3 is 14.2 Å². The van der Waals surface area contributed by atoms with Gasteiger partial charge in [0.25, 0.3) is 0 Å². The molecule has 1 atom stereocenters. The number of carbonyl (C=O) groups excluding carboxylic acids is 3. The third-order valence-corrected chi connectivity index (χ3v) is 12.5. The van der Waals surface area contributed by atoms with Crippen LogP contribution in [0.15, 0.2) is 72.9 Å². The van der Waals surface area contributed by atoms with Gasteiger partial charge in [-0.25, -0.2) is 0 Å². The molecule has 0 rings (SSSR count). The number of allylic oxidation sites excluding steroid dienone is 12. The van der Waals surface area contributed by atoms with E-state index in [1.807, 2.05) is 0 Å². The van der Waals surface area contributed by atoms with Gasteiger partial charge in [-0.05, 0) is 96.3 Å². The monoisotopic (exact) mass is 949 g/mol. The van der Waals surface area contributed by atoms with Gasteiger partial charge in [0.2, 0.25) is 0 Å². The third kappa shape index (κ3) is 53.8. The molecule has 0 amide bonds. The van der Waals surface area contributed by atoms with Crippen LogP contribution in [0.4, 0.5) is 0 Å². The van der Waals surface area contributed by atoms with E-state index in [4.69, 9.17) is 14.2 Å². The van der Waals surface area contributed by atoms with Crippen LogP contribution in [0.25, 0.3) is 0 Å². The van der Waals surface area contributed by atoms with Crippen molar-refractivity contribution >= 4 is 17.9 Å². The molecule has 0 radical (unpaired) electrons. The highest BCUT2D eigenvalue weighted by Gasteiger charge is 2.19. The molecule has 392 valence electrons. The van der Waals surface area contributed by atoms with Gasteiger partial charge in [0, 0.05) is 19.3 Å². The topological polar surface area (TPSA) is 78.9 Å². The lowest BCUT2D eigenvalue weighted by molar-refractivity contribution is -0.167. The van der Waals surface area contributed by atoms with E-state index in [1.54, 1.807) is 0 Å². The van der Waals surface area contributed by atoms with Crippen molar-refractivity contribution in [3.8, 4) is 0 Å². The summed E-state index contributed by atoms with van der Waals surface area (Å²) in [7, 11) is 0. The molecular weight excluding hydrogens is 841 g/mol.